The first-order valence-electron chi connectivity index (χ1n) is 7.89. The topological polar surface area (TPSA) is 61.8 Å². The van der Waals surface area contributed by atoms with Crippen LogP contribution in [0.3, 0.4) is 0 Å². The summed E-state index contributed by atoms with van der Waals surface area (Å²) < 4.78 is 41.9. The highest BCUT2D eigenvalue weighted by molar-refractivity contribution is 7.91. The Morgan fingerprint density at radius 2 is 1.65 bits per heavy atom. The third kappa shape index (κ3) is 3.41. The Labute approximate surface area is 139 Å². The van der Waals surface area contributed by atoms with E-state index in [4.69, 9.17) is 14.0 Å². The maximum Gasteiger partial charge on any atom is 0.498 e. The lowest BCUT2D eigenvalue weighted by Gasteiger charge is -2.32. The second kappa shape index (κ2) is 6.11. The molecule has 1 saturated heterocycles. The van der Waals surface area contributed by atoms with Crippen molar-refractivity contribution in [2.24, 2.45) is 0 Å². The molecule has 0 N–H and O–H groups in total. The molecule has 0 aromatic heterocycles. The summed E-state index contributed by atoms with van der Waals surface area (Å²) in [6, 6.07) is 4.86. The predicted molar refractivity (Wildman–Crippen MR) is 91.1 cm³/mol. The zero-order valence-corrected chi connectivity index (χ0v) is 15.5. The molecule has 2 rings (SSSR count). The molecule has 7 heteroatoms. The minimum Gasteiger partial charge on any atom is -0.494 e. The standard InChI is InChI=1S/C16H25BO5S/c1-7-20-14-11-12(23(18,19)8-2)9-10-13(14)17-21-15(3,4)16(5,6)22-17/h9-11H,7-8H2,1-6H3. The Hall–Kier alpha value is -1.05. The van der Waals surface area contributed by atoms with Gasteiger partial charge in [0.2, 0.25) is 0 Å². The van der Waals surface area contributed by atoms with E-state index < -0.39 is 28.2 Å². The molecule has 0 spiro atoms. The van der Waals surface area contributed by atoms with Gasteiger partial charge >= 0.3 is 7.12 Å². The number of benzene rings is 1. The number of rotatable bonds is 5. The Balaban J connectivity index is 2.44. The number of hydrogen-bond acceptors (Lipinski definition) is 5. The van der Waals surface area contributed by atoms with Crippen LogP contribution in [0.2, 0.25) is 0 Å². The van der Waals surface area contributed by atoms with Gasteiger partial charge in [0.25, 0.3) is 0 Å². The van der Waals surface area contributed by atoms with Crippen molar-refractivity contribution in [2.45, 2.75) is 57.6 Å². The lowest BCUT2D eigenvalue weighted by Crippen LogP contribution is -2.41. The van der Waals surface area contributed by atoms with Crippen LogP contribution in [0.25, 0.3) is 0 Å². The summed E-state index contributed by atoms with van der Waals surface area (Å²) in [5.41, 5.74) is -0.217. The fourth-order valence-corrected chi connectivity index (χ4v) is 3.22. The third-order valence-corrected chi connectivity index (χ3v) is 6.26. The summed E-state index contributed by atoms with van der Waals surface area (Å²) >= 11 is 0. The minimum absolute atomic E-state index is 0.0500. The molecule has 0 atom stereocenters. The van der Waals surface area contributed by atoms with Gasteiger partial charge in [-0.3, -0.25) is 0 Å². The SMILES string of the molecule is CCOc1cc(S(=O)(=O)CC)ccc1B1OC(C)(C)C(C)(C)O1. The van der Waals surface area contributed by atoms with E-state index in [1.54, 1.807) is 25.1 Å². The molecular formula is C16H25BO5S. The van der Waals surface area contributed by atoms with Crippen LogP contribution in [0.1, 0.15) is 41.5 Å². The summed E-state index contributed by atoms with van der Waals surface area (Å²) in [5.74, 6) is 0.537. The molecule has 1 fully saturated rings. The summed E-state index contributed by atoms with van der Waals surface area (Å²) in [6.45, 7) is 11.8. The molecule has 23 heavy (non-hydrogen) atoms. The smallest absolute Gasteiger partial charge is 0.494 e. The van der Waals surface area contributed by atoms with Gasteiger partial charge in [-0.1, -0.05) is 13.0 Å². The molecule has 1 aliphatic rings. The Morgan fingerprint density at radius 1 is 1.09 bits per heavy atom. The van der Waals surface area contributed by atoms with Gasteiger partial charge in [-0.05, 0) is 46.8 Å². The molecule has 1 aromatic rings. The van der Waals surface area contributed by atoms with Crippen molar-refractivity contribution >= 4 is 22.4 Å². The van der Waals surface area contributed by atoms with E-state index in [-0.39, 0.29) is 10.6 Å². The fraction of sp³-hybridized carbons (Fsp3) is 0.625. The first-order valence-corrected chi connectivity index (χ1v) is 9.54. The summed E-state index contributed by atoms with van der Waals surface area (Å²) in [6.07, 6.45) is 0. The van der Waals surface area contributed by atoms with Gasteiger partial charge in [-0.25, -0.2) is 8.42 Å². The second-order valence-corrected chi connectivity index (χ2v) is 8.90. The normalized spacial score (nSPS) is 19.8. The van der Waals surface area contributed by atoms with Gasteiger partial charge in [0.15, 0.2) is 9.84 Å². The molecule has 1 aliphatic heterocycles. The first kappa shape index (κ1) is 18.3. The molecule has 0 bridgehead atoms. The molecule has 1 heterocycles. The number of hydrogen-bond donors (Lipinski definition) is 0. The second-order valence-electron chi connectivity index (χ2n) is 6.62. The molecule has 128 valence electrons. The van der Waals surface area contributed by atoms with Crippen molar-refractivity contribution in [1.29, 1.82) is 0 Å². The van der Waals surface area contributed by atoms with Gasteiger partial charge in [0.1, 0.15) is 5.75 Å². The molecule has 0 amide bonds. The van der Waals surface area contributed by atoms with Gasteiger partial charge in [-0.2, -0.15) is 0 Å². The van der Waals surface area contributed by atoms with E-state index in [9.17, 15) is 8.42 Å². The van der Waals surface area contributed by atoms with Crippen LogP contribution in [0.4, 0.5) is 0 Å². The number of ether oxygens (including phenoxy) is 1. The van der Waals surface area contributed by atoms with E-state index in [2.05, 4.69) is 0 Å². The Bertz CT molecular complexity index is 666. The maximum atomic E-state index is 12.1. The van der Waals surface area contributed by atoms with E-state index in [1.165, 1.54) is 0 Å². The van der Waals surface area contributed by atoms with Crippen LogP contribution in [0.15, 0.2) is 23.1 Å². The highest BCUT2D eigenvalue weighted by atomic mass is 32.2. The van der Waals surface area contributed by atoms with Crippen molar-refractivity contribution in [3.05, 3.63) is 18.2 Å². The average molecular weight is 340 g/mol. The minimum atomic E-state index is -3.29. The van der Waals surface area contributed by atoms with Crippen LogP contribution in [-0.4, -0.2) is 39.1 Å². The molecule has 1 aromatic carbocycles. The van der Waals surface area contributed by atoms with Crippen LogP contribution < -0.4 is 10.2 Å². The van der Waals surface area contributed by atoms with Gasteiger partial charge in [0, 0.05) is 5.46 Å². The van der Waals surface area contributed by atoms with Crippen molar-refractivity contribution in [2.75, 3.05) is 12.4 Å². The van der Waals surface area contributed by atoms with Crippen LogP contribution in [0.5, 0.6) is 5.75 Å². The molecule has 5 nitrogen and oxygen atoms in total. The zero-order valence-electron chi connectivity index (χ0n) is 14.7. The van der Waals surface area contributed by atoms with Crippen LogP contribution in [0, 0.1) is 0 Å². The summed E-state index contributed by atoms with van der Waals surface area (Å²) in [7, 11) is -3.87. The quantitative estimate of drug-likeness (QED) is 0.769. The largest absolute Gasteiger partial charge is 0.498 e. The van der Waals surface area contributed by atoms with Gasteiger partial charge in [0.05, 0.1) is 28.5 Å². The molecular weight excluding hydrogens is 315 g/mol. The molecule has 0 unspecified atom stereocenters. The highest BCUT2D eigenvalue weighted by Crippen LogP contribution is 2.37. The molecule has 0 saturated carbocycles. The highest BCUT2D eigenvalue weighted by Gasteiger charge is 2.52. The van der Waals surface area contributed by atoms with Crippen molar-refractivity contribution < 1.29 is 22.5 Å². The van der Waals surface area contributed by atoms with Crippen molar-refractivity contribution in [3.63, 3.8) is 0 Å². The number of sulfone groups is 1. The van der Waals surface area contributed by atoms with E-state index in [0.29, 0.717) is 17.8 Å². The Morgan fingerprint density at radius 3 is 2.13 bits per heavy atom. The lowest BCUT2D eigenvalue weighted by molar-refractivity contribution is 0.00578. The lowest BCUT2D eigenvalue weighted by atomic mass is 9.78. The predicted octanol–water partition coefficient (Wildman–Crippen LogP) is 2.18. The van der Waals surface area contributed by atoms with E-state index >= 15 is 0 Å². The van der Waals surface area contributed by atoms with Gasteiger partial charge < -0.3 is 14.0 Å². The van der Waals surface area contributed by atoms with Crippen LogP contribution in [-0.2, 0) is 19.1 Å². The zero-order chi connectivity index (χ0) is 17.5. The van der Waals surface area contributed by atoms with Crippen molar-refractivity contribution in [1.82, 2.24) is 0 Å². The first-order chi connectivity index (χ1) is 10.5. The average Bonchev–Trinajstić information content (AvgIpc) is 2.67. The maximum absolute atomic E-state index is 12.1. The van der Waals surface area contributed by atoms with Crippen molar-refractivity contribution in [3.8, 4) is 5.75 Å². The summed E-state index contributed by atoms with van der Waals surface area (Å²) in [4.78, 5) is 0.253. The summed E-state index contributed by atoms with van der Waals surface area (Å²) in [5, 5.41) is 0. The van der Waals surface area contributed by atoms with Crippen LogP contribution >= 0.6 is 0 Å². The Kier molecular flexibility index (Phi) is 4.86. The fourth-order valence-electron chi connectivity index (χ4n) is 2.32. The van der Waals surface area contributed by atoms with E-state index in [0.717, 1.165) is 0 Å². The third-order valence-electron chi connectivity index (χ3n) is 4.53. The monoisotopic (exact) mass is 340 g/mol. The molecule has 0 aliphatic carbocycles. The van der Waals surface area contributed by atoms with Gasteiger partial charge in [-0.15, -0.1) is 0 Å². The molecule has 0 radical (unpaired) electrons. The van der Waals surface area contributed by atoms with E-state index in [1.807, 2.05) is 34.6 Å².